The van der Waals surface area contributed by atoms with Crippen molar-refractivity contribution in [2.24, 2.45) is 11.3 Å². The molecule has 0 radical (unpaired) electrons. The first-order valence-corrected chi connectivity index (χ1v) is 9.75. The molecule has 156 valence electrons. The zero-order chi connectivity index (χ0) is 21.2. The molecule has 2 atom stereocenters. The molecule has 2 aliphatic rings. The molecule has 2 fully saturated rings. The summed E-state index contributed by atoms with van der Waals surface area (Å²) in [6.45, 7) is 5.20. The van der Waals surface area contributed by atoms with Crippen LogP contribution in [0.2, 0.25) is 0 Å². The highest BCUT2D eigenvalue weighted by molar-refractivity contribution is 6.09. The van der Waals surface area contributed by atoms with Crippen molar-refractivity contribution in [1.82, 2.24) is 10.2 Å². The molecule has 1 saturated carbocycles. The fourth-order valence-corrected chi connectivity index (χ4v) is 4.69. The third-order valence-corrected chi connectivity index (χ3v) is 5.33. The molecule has 0 bridgehead atoms. The third-order valence-electron chi connectivity index (χ3n) is 5.33. The number of hydrogen-bond acceptors (Lipinski definition) is 5. The number of carbonyl (C=O) groups excluding carboxylic acids is 4. The van der Waals surface area contributed by atoms with Gasteiger partial charge in [0, 0.05) is 5.69 Å². The van der Waals surface area contributed by atoms with Crippen LogP contribution in [-0.4, -0.2) is 47.4 Å². The summed E-state index contributed by atoms with van der Waals surface area (Å²) >= 11 is 0. The van der Waals surface area contributed by atoms with Gasteiger partial charge in [-0.1, -0.05) is 39.0 Å². The number of imide groups is 1. The van der Waals surface area contributed by atoms with Gasteiger partial charge in [0.15, 0.2) is 6.61 Å². The Labute approximate surface area is 170 Å². The van der Waals surface area contributed by atoms with E-state index in [1.165, 1.54) is 0 Å². The lowest BCUT2D eigenvalue weighted by Crippen LogP contribution is -2.54. The van der Waals surface area contributed by atoms with Gasteiger partial charge in [-0.25, -0.2) is 4.79 Å². The molecule has 2 N–H and O–H groups in total. The lowest BCUT2D eigenvalue weighted by atomic mass is 9.64. The monoisotopic (exact) mass is 401 g/mol. The average Bonchev–Trinajstić information content (AvgIpc) is 2.82. The van der Waals surface area contributed by atoms with Crippen molar-refractivity contribution in [2.45, 2.75) is 45.6 Å². The molecule has 29 heavy (non-hydrogen) atoms. The van der Waals surface area contributed by atoms with Crippen LogP contribution in [0.15, 0.2) is 30.3 Å². The topological polar surface area (TPSA) is 105 Å². The van der Waals surface area contributed by atoms with Crippen molar-refractivity contribution in [1.29, 1.82) is 0 Å². The van der Waals surface area contributed by atoms with Gasteiger partial charge in [-0.3, -0.25) is 19.3 Å². The number of esters is 1. The smallest absolute Gasteiger partial charge is 0.326 e. The molecule has 0 aromatic heterocycles. The highest BCUT2D eigenvalue weighted by Crippen LogP contribution is 2.46. The lowest BCUT2D eigenvalue weighted by Gasteiger charge is -2.43. The Hall–Kier alpha value is -2.90. The number of rotatable bonds is 5. The predicted octanol–water partition coefficient (Wildman–Crippen LogP) is 2.31. The van der Waals surface area contributed by atoms with E-state index in [0.717, 1.165) is 11.3 Å². The fraction of sp³-hybridized carbons (Fsp3) is 0.524. The van der Waals surface area contributed by atoms with Crippen molar-refractivity contribution >= 4 is 29.5 Å². The molecule has 8 heteroatoms. The van der Waals surface area contributed by atoms with Gasteiger partial charge in [0.2, 0.25) is 0 Å². The summed E-state index contributed by atoms with van der Waals surface area (Å²) in [6.07, 6.45) is 2.04. The minimum absolute atomic E-state index is 0.0906. The van der Waals surface area contributed by atoms with Gasteiger partial charge >= 0.3 is 12.0 Å². The number of ether oxygens (including phenoxy) is 1. The number of hydrogen-bond donors (Lipinski definition) is 2. The van der Waals surface area contributed by atoms with Crippen molar-refractivity contribution in [2.75, 3.05) is 18.5 Å². The van der Waals surface area contributed by atoms with Gasteiger partial charge in [-0.15, -0.1) is 0 Å². The third kappa shape index (κ3) is 4.75. The first kappa shape index (κ1) is 20.8. The van der Waals surface area contributed by atoms with Crippen LogP contribution in [0.25, 0.3) is 0 Å². The van der Waals surface area contributed by atoms with E-state index >= 15 is 0 Å². The van der Waals surface area contributed by atoms with E-state index in [1.54, 1.807) is 24.3 Å². The average molecular weight is 401 g/mol. The van der Waals surface area contributed by atoms with E-state index in [4.69, 9.17) is 4.74 Å². The number of benzene rings is 1. The van der Waals surface area contributed by atoms with Crippen LogP contribution in [0.1, 0.15) is 40.0 Å². The quantitative estimate of drug-likeness (QED) is 0.582. The molecule has 3 rings (SSSR count). The largest absolute Gasteiger partial charge is 0.454 e. The molecule has 4 amide bonds. The van der Waals surface area contributed by atoms with Crippen LogP contribution in [0.3, 0.4) is 0 Å². The minimum atomic E-state index is -0.969. The summed E-state index contributed by atoms with van der Waals surface area (Å²) in [4.78, 5) is 50.3. The Kier molecular flexibility index (Phi) is 5.64. The second-order valence-electron chi connectivity index (χ2n) is 8.83. The van der Waals surface area contributed by atoms with Crippen molar-refractivity contribution < 1.29 is 23.9 Å². The Morgan fingerprint density at radius 2 is 1.90 bits per heavy atom. The molecule has 1 heterocycles. The number of amides is 4. The van der Waals surface area contributed by atoms with Crippen LogP contribution in [-0.2, 0) is 19.1 Å². The normalized spacial score (nSPS) is 25.6. The lowest BCUT2D eigenvalue weighted by molar-refractivity contribution is -0.150. The summed E-state index contributed by atoms with van der Waals surface area (Å²) in [7, 11) is 0. The van der Waals surface area contributed by atoms with Gasteiger partial charge in [-0.05, 0) is 42.7 Å². The SMILES string of the molecule is C[C@H]1CC(C)(C)C[C@]2(C1)NC(=O)N(CC(=O)OCC(=O)Nc1ccccc1)C2=O. The number of urea groups is 1. The number of nitrogens with zero attached hydrogens (tertiary/aromatic N) is 1. The summed E-state index contributed by atoms with van der Waals surface area (Å²) in [5, 5.41) is 5.40. The van der Waals surface area contributed by atoms with Crippen molar-refractivity contribution in [3.63, 3.8) is 0 Å². The van der Waals surface area contributed by atoms with Gasteiger partial charge in [0.25, 0.3) is 11.8 Å². The maximum atomic E-state index is 13.0. The first-order chi connectivity index (χ1) is 13.6. The summed E-state index contributed by atoms with van der Waals surface area (Å²) in [6, 6.07) is 8.17. The van der Waals surface area contributed by atoms with E-state index < -0.39 is 42.5 Å². The standard InChI is InChI=1S/C21H27N3O5/c1-14-9-20(2,3)13-21(10-14)18(27)24(19(28)23-21)11-17(26)29-12-16(25)22-15-7-5-4-6-8-15/h4-8,14H,9-13H2,1-3H3,(H,22,25)(H,23,28)/t14-,21-/m0/s1. The van der Waals surface area contributed by atoms with Gasteiger partial charge in [0.1, 0.15) is 12.1 Å². The molecule has 0 unspecified atom stereocenters. The van der Waals surface area contributed by atoms with E-state index in [0.29, 0.717) is 18.5 Å². The van der Waals surface area contributed by atoms with Crippen LogP contribution < -0.4 is 10.6 Å². The fourth-order valence-electron chi connectivity index (χ4n) is 4.69. The van der Waals surface area contributed by atoms with Crippen LogP contribution in [0.4, 0.5) is 10.5 Å². The molecule has 1 saturated heterocycles. The molecular weight excluding hydrogens is 374 g/mol. The highest BCUT2D eigenvalue weighted by atomic mass is 16.5. The van der Waals surface area contributed by atoms with E-state index in [2.05, 4.69) is 31.4 Å². The molecule has 1 aliphatic heterocycles. The Morgan fingerprint density at radius 1 is 1.21 bits per heavy atom. The molecule has 8 nitrogen and oxygen atoms in total. The second-order valence-corrected chi connectivity index (χ2v) is 8.83. The van der Waals surface area contributed by atoms with Gasteiger partial charge in [0.05, 0.1) is 0 Å². The summed E-state index contributed by atoms with van der Waals surface area (Å²) in [5.74, 6) is -1.43. The Bertz CT molecular complexity index is 823. The van der Waals surface area contributed by atoms with Crippen LogP contribution in [0.5, 0.6) is 0 Å². The number of para-hydroxylation sites is 1. The van der Waals surface area contributed by atoms with E-state index in [-0.39, 0.29) is 11.3 Å². The molecule has 1 spiro atoms. The first-order valence-electron chi connectivity index (χ1n) is 9.75. The van der Waals surface area contributed by atoms with E-state index in [9.17, 15) is 19.2 Å². The zero-order valence-corrected chi connectivity index (χ0v) is 17.0. The Morgan fingerprint density at radius 3 is 2.55 bits per heavy atom. The van der Waals surface area contributed by atoms with Gasteiger partial charge < -0.3 is 15.4 Å². The summed E-state index contributed by atoms with van der Waals surface area (Å²) in [5.41, 5.74) is -0.478. The van der Waals surface area contributed by atoms with Crippen LogP contribution in [0, 0.1) is 11.3 Å². The molecule has 1 aromatic rings. The maximum absolute atomic E-state index is 13.0. The van der Waals surface area contributed by atoms with Crippen molar-refractivity contribution in [3.05, 3.63) is 30.3 Å². The molecular formula is C21H27N3O5. The van der Waals surface area contributed by atoms with Gasteiger partial charge in [-0.2, -0.15) is 0 Å². The minimum Gasteiger partial charge on any atom is -0.454 e. The molecule has 1 aliphatic carbocycles. The van der Waals surface area contributed by atoms with Crippen LogP contribution >= 0.6 is 0 Å². The number of nitrogens with one attached hydrogen (secondary N) is 2. The van der Waals surface area contributed by atoms with E-state index in [1.807, 2.05) is 6.07 Å². The highest BCUT2D eigenvalue weighted by Gasteiger charge is 2.56. The number of carbonyl (C=O) groups is 4. The Balaban J connectivity index is 1.56. The van der Waals surface area contributed by atoms with Crippen molar-refractivity contribution in [3.8, 4) is 0 Å². The molecule has 1 aromatic carbocycles. The number of anilines is 1. The predicted molar refractivity (Wildman–Crippen MR) is 106 cm³/mol. The summed E-state index contributed by atoms with van der Waals surface area (Å²) < 4.78 is 4.95. The second kappa shape index (κ2) is 7.85. The zero-order valence-electron chi connectivity index (χ0n) is 17.0. The maximum Gasteiger partial charge on any atom is 0.326 e.